The van der Waals surface area contributed by atoms with E-state index in [1.54, 1.807) is 12.3 Å². The van der Waals surface area contributed by atoms with Gasteiger partial charge in [0, 0.05) is 34.7 Å². The molecule has 0 radical (unpaired) electrons. The first-order valence-corrected chi connectivity index (χ1v) is 12.6. The second kappa shape index (κ2) is 8.45. The number of rotatable bonds is 5. The van der Waals surface area contributed by atoms with Crippen molar-refractivity contribution in [2.45, 2.75) is 37.5 Å². The fourth-order valence-corrected chi connectivity index (χ4v) is 5.21. The number of piperidine rings is 1. The number of aromatic nitrogens is 4. The molecule has 7 heteroatoms. The molecular weight excluding hydrogens is 463 g/mol. The minimum absolute atomic E-state index is 0.0178. The normalized spacial score (nSPS) is 25.4. The summed E-state index contributed by atoms with van der Waals surface area (Å²) >= 11 is 0. The minimum atomic E-state index is -0.341. The SMILES string of the molecule is C#CC1CC1NCc1nc2ccc(C#Cc3ccc(-c4cnc(C5NC6CC6C5=C)[nH]4)c(F)c3)cc2[nH]1. The van der Waals surface area contributed by atoms with Crippen LogP contribution in [-0.4, -0.2) is 32.0 Å². The zero-order valence-corrected chi connectivity index (χ0v) is 20.1. The molecule has 1 saturated heterocycles. The highest BCUT2D eigenvalue weighted by molar-refractivity contribution is 5.77. The van der Waals surface area contributed by atoms with E-state index in [-0.39, 0.29) is 11.9 Å². The number of benzene rings is 2. The van der Waals surface area contributed by atoms with Gasteiger partial charge in [0.2, 0.25) is 0 Å². The van der Waals surface area contributed by atoms with E-state index in [1.165, 1.54) is 6.07 Å². The van der Waals surface area contributed by atoms with E-state index >= 15 is 4.39 Å². The third-order valence-corrected chi connectivity index (χ3v) is 7.56. The molecule has 0 bridgehead atoms. The maximum atomic E-state index is 15.0. The molecule has 0 spiro atoms. The van der Waals surface area contributed by atoms with Gasteiger partial charge in [-0.05, 0) is 60.7 Å². The second-order valence-electron chi connectivity index (χ2n) is 10.2. The third-order valence-electron chi connectivity index (χ3n) is 7.56. The van der Waals surface area contributed by atoms with Gasteiger partial charge in [0.05, 0.1) is 35.5 Å². The number of nitrogens with zero attached hydrogens (tertiary/aromatic N) is 2. The summed E-state index contributed by atoms with van der Waals surface area (Å²) in [5.41, 5.74) is 5.51. The van der Waals surface area contributed by atoms with E-state index in [2.05, 4.69) is 54.9 Å². The van der Waals surface area contributed by atoms with Crippen molar-refractivity contribution in [1.29, 1.82) is 0 Å². The smallest absolute Gasteiger partial charge is 0.133 e. The van der Waals surface area contributed by atoms with Crippen LogP contribution in [0.1, 0.15) is 41.7 Å². The summed E-state index contributed by atoms with van der Waals surface area (Å²) in [5, 5.41) is 6.95. The molecule has 37 heavy (non-hydrogen) atoms. The summed E-state index contributed by atoms with van der Waals surface area (Å²) < 4.78 is 15.0. The van der Waals surface area contributed by atoms with Gasteiger partial charge >= 0.3 is 0 Å². The lowest BCUT2D eigenvalue weighted by Crippen LogP contribution is -2.19. The van der Waals surface area contributed by atoms with Crippen LogP contribution in [0.2, 0.25) is 0 Å². The summed E-state index contributed by atoms with van der Waals surface area (Å²) in [6.07, 6.45) is 9.32. The van der Waals surface area contributed by atoms with E-state index < -0.39 is 0 Å². The van der Waals surface area contributed by atoms with Gasteiger partial charge in [-0.3, -0.25) is 0 Å². The monoisotopic (exact) mass is 488 g/mol. The third kappa shape index (κ3) is 4.13. The summed E-state index contributed by atoms with van der Waals surface area (Å²) in [6.45, 7) is 4.85. The van der Waals surface area contributed by atoms with Crippen LogP contribution in [-0.2, 0) is 6.54 Å². The molecule has 2 saturated carbocycles. The van der Waals surface area contributed by atoms with Gasteiger partial charge in [0.1, 0.15) is 17.5 Å². The maximum Gasteiger partial charge on any atom is 0.133 e. The average molecular weight is 489 g/mol. The first-order chi connectivity index (χ1) is 18.1. The molecule has 7 rings (SSSR count). The van der Waals surface area contributed by atoms with Crippen molar-refractivity contribution in [3.63, 3.8) is 0 Å². The highest BCUT2D eigenvalue weighted by Crippen LogP contribution is 2.49. The number of hydrogen-bond acceptors (Lipinski definition) is 4. The van der Waals surface area contributed by atoms with Crippen LogP contribution in [0.15, 0.2) is 54.7 Å². The lowest BCUT2D eigenvalue weighted by Gasteiger charge is -2.12. The van der Waals surface area contributed by atoms with Crippen molar-refractivity contribution in [2.24, 2.45) is 11.8 Å². The van der Waals surface area contributed by atoms with Gasteiger partial charge in [-0.15, -0.1) is 12.3 Å². The van der Waals surface area contributed by atoms with Crippen molar-refractivity contribution in [3.05, 3.63) is 83.3 Å². The molecule has 4 aromatic rings. The van der Waals surface area contributed by atoms with Crippen LogP contribution in [0.5, 0.6) is 0 Å². The lowest BCUT2D eigenvalue weighted by atomic mass is 10.1. The number of terminal acetylenes is 1. The molecular formula is C30H25FN6. The Morgan fingerprint density at radius 1 is 1.11 bits per heavy atom. The molecule has 182 valence electrons. The van der Waals surface area contributed by atoms with Gasteiger partial charge in [0.25, 0.3) is 0 Å². The van der Waals surface area contributed by atoms with E-state index in [0.717, 1.165) is 46.7 Å². The van der Waals surface area contributed by atoms with Crippen LogP contribution < -0.4 is 10.6 Å². The predicted octanol–water partition coefficient (Wildman–Crippen LogP) is 4.19. The Morgan fingerprint density at radius 3 is 2.70 bits per heavy atom. The van der Waals surface area contributed by atoms with Crippen molar-refractivity contribution < 1.29 is 4.39 Å². The molecule has 0 amide bonds. The Balaban J connectivity index is 1.05. The Bertz CT molecular complexity index is 1660. The summed E-state index contributed by atoms with van der Waals surface area (Å²) in [7, 11) is 0. The van der Waals surface area contributed by atoms with Crippen LogP contribution in [0.4, 0.5) is 4.39 Å². The van der Waals surface area contributed by atoms with E-state index in [9.17, 15) is 0 Å². The molecule has 4 N–H and O–H groups in total. The van der Waals surface area contributed by atoms with Crippen LogP contribution in [0, 0.1) is 41.8 Å². The first kappa shape index (κ1) is 22.1. The summed E-state index contributed by atoms with van der Waals surface area (Å²) in [6, 6.07) is 11.8. The van der Waals surface area contributed by atoms with Crippen molar-refractivity contribution in [1.82, 2.24) is 30.6 Å². The number of hydrogen-bond donors (Lipinski definition) is 4. The Labute approximate surface area is 214 Å². The Morgan fingerprint density at radius 2 is 1.95 bits per heavy atom. The highest BCUT2D eigenvalue weighted by Gasteiger charge is 2.49. The van der Waals surface area contributed by atoms with Crippen molar-refractivity contribution >= 4 is 11.0 Å². The number of H-pyrrole nitrogens is 2. The zero-order chi connectivity index (χ0) is 25.1. The quantitative estimate of drug-likeness (QED) is 0.251. The number of imidazole rings is 2. The van der Waals surface area contributed by atoms with Gasteiger partial charge in [-0.1, -0.05) is 18.4 Å². The zero-order valence-electron chi connectivity index (χ0n) is 20.1. The maximum absolute atomic E-state index is 15.0. The van der Waals surface area contributed by atoms with Gasteiger partial charge in [0.15, 0.2) is 0 Å². The Kier molecular flexibility index (Phi) is 5.04. The topological polar surface area (TPSA) is 81.4 Å². The van der Waals surface area contributed by atoms with Gasteiger partial charge < -0.3 is 20.6 Å². The number of fused-ring (bicyclic) bond motifs is 2. The van der Waals surface area contributed by atoms with Crippen molar-refractivity contribution in [2.75, 3.05) is 0 Å². The first-order valence-electron chi connectivity index (χ1n) is 12.6. The molecule has 2 aromatic heterocycles. The average Bonchev–Trinajstić information content (AvgIpc) is 3.70. The lowest BCUT2D eigenvalue weighted by molar-refractivity contribution is 0.616. The summed E-state index contributed by atoms with van der Waals surface area (Å²) in [5.74, 6) is 11.2. The van der Waals surface area contributed by atoms with E-state index in [1.807, 2.05) is 24.3 Å². The molecule has 3 aliphatic rings. The molecule has 1 aliphatic heterocycles. The second-order valence-corrected chi connectivity index (χ2v) is 10.2. The van der Waals surface area contributed by atoms with Crippen LogP contribution >= 0.6 is 0 Å². The molecule has 2 aliphatic carbocycles. The molecule has 2 aromatic carbocycles. The van der Waals surface area contributed by atoms with E-state index in [4.69, 9.17) is 6.42 Å². The predicted molar refractivity (Wildman–Crippen MR) is 141 cm³/mol. The molecule has 3 fully saturated rings. The fourth-order valence-electron chi connectivity index (χ4n) is 5.21. The number of nitrogens with one attached hydrogen (secondary N) is 4. The van der Waals surface area contributed by atoms with Gasteiger partial charge in [-0.25, -0.2) is 14.4 Å². The van der Waals surface area contributed by atoms with Gasteiger partial charge in [-0.2, -0.15) is 0 Å². The highest BCUT2D eigenvalue weighted by atomic mass is 19.1. The summed E-state index contributed by atoms with van der Waals surface area (Å²) in [4.78, 5) is 15.7. The molecule has 5 atom stereocenters. The standard InChI is InChI=1S/C30H25FN6/c1-3-19-12-24(19)32-15-28-34-23-9-7-18(11-26(23)35-28)5-4-17-6-8-20(22(31)10-17)27-14-33-30(37-27)29-16(2)21-13-25(21)36-29/h1,6-11,14,19,21,24-25,29,32,36H,2,12-13,15H2,(H,33,37)(H,34,35). The fraction of sp³-hybridized carbons (Fsp3) is 0.267. The van der Waals surface area contributed by atoms with Crippen LogP contribution in [0.3, 0.4) is 0 Å². The van der Waals surface area contributed by atoms with Crippen LogP contribution in [0.25, 0.3) is 22.3 Å². The largest absolute Gasteiger partial charge is 0.341 e. The number of halogens is 1. The molecule has 3 heterocycles. The van der Waals surface area contributed by atoms with Crippen molar-refractivity contribution in [3.8, 4) is 35.4 Å². The number of aromatic amines is 2. The molecule has 6 nitrogen and oxygen atoms in total. The Hall–Kier alpha value is -4.17. The van der Waals surface area contributed by atoms with E-state index in [0.29, 0.717) is 47.3 Å². The molecule has 5 unspecified atom stereocenters. The minimum Gasteiger partial charge on any atom is -0.341 e.